The van der Waals surface area contributed by atoms with Gasteiger partial charge >= 0.3 is 0 Å². The smallest absolute Gasteiger partial charge is 0.273 e. The summed E-state index contributed by atoms with van der Waals surface area (Å²) in [6.07, 6.45) is 1.88. The van der Waals surface area contributed by atoms with Gasteiger partial charge in [0.25, 0.3) is 5.69 Å². The fourth-order valence-electron chi connectivity index (χ4n) is 2.15. The molecule has 1 aromatic rings. The Labute approximate surface area is 106 Å². The molecule has 18 heavy (non-hydrogen) atoms. The van der Waals surface area contributed by atoms with E-state index in [9.17, 15) is 10.1 Å². The Bertz CT molecular complexity index is 428. The van der Waals surface area contributed by atoms with E-state index in [1.807, 2.05) is 6.07 Å². The van der Waals surface area contributed by atoms with E-state index in [-0.39, 0.29) is 16.1 Å². The molecule has 5 heteroatoms. The lowest BCUT2D eigenvalue weighted by Crippen LogP contribution is -2.46. The molecule has 1 fully saturated rings. The highest BCUT2D eigenvalue weighted by atomic mass is 16.6. The van der Waals surface area contributed by atoms with Crippen molar-refractivity contribution in [2.75, 3.05) is 13.2 Å². The summed E-state index contributed by atoms with van der Waals surface area (Å²) in [5.41, 5.74) is 0.929. The van der Waals surface area contributed by atoms with Gasteiger partial charge in [0.15, 0.2) is 0 Å². The maximum absolute atomic E-state index is 10.9. The van der Waals surface area contributed by atoms with Crippen molar-refractivity contribution in [3.63, 3.8) is 0 Å². The lowest BCUT2D eigenvalue weighted by molar-refractivity contribution is -0.385. The molecule has 1 heterocycles. The number of ether oxygens (including phenoxy) is 1. The molecular weight excluding hydrogens is 232 g/mol. The number of para-hydroxylation sites is 1. The summed E-state index contributed by atoms with van der Waals surface area (Å²) < 4.78 is 5.33. The predicted molar refractivity (Wildman–Crippen MR) is 68.4 cm³/mol. The molecular formula is C13H18N2O3. The average molecular weight is 250 g/mol. The number of benzene rings is 1. The lowest BCUT2D eigenvalue weighted by Gasteiger charge is -2.34. The molecule has 0 amide bonds. The second kappa shape index (κ2) is 5.46. The summed E-state index contributed by atoms with van der Waals surface area (Å²) in [4.78, 5) is 10.6. The molecule has 0 aliphatic carbocycles. The van der Waals surface area contributed by atoms with Crippen molar-refractivity contribution in [1.29, 1.82) is 0 Å². The molecule has 5 nitrogen and oxygen atoms in total. The first kappa shape index (κ1) is 13.0. The molecule has 1 saturated heterocycles. The first-order chi connectivity index (χ1) is 8.61. The third-order valence-corrected chi connectivity index (χ3v) is 3.49. The molecule has 0 bridgehead atoms. The molecule has 0 saturated carbocycles. The average Bonchev–Trinajstić information content (AvgIpc) is 2.38. The van der Waals surface area contributed by atoms with Gasteiger partial charge in [-0.2, -0.15) is 0 Å². The Morgan fingerprint density at radius 3 is 2.72 bits per heavy atom. The Kier molecular flexibility index (Phi) is 3.93. The zero-order valence-electron chi connectivity index (χ0n) is 10.5. The standard InChI is InChI=1S/C13H18N2O3/c1-13(6-8-18-9-7-13)14-10-11-4-2-3-5-12(11)15(16)17/h2-5,14H,6-10H2,1H3. The van der Waals surface area contributed by atoms with Gasteiger partial charge < -0.3 is 10.1 Å². The Balaban J connectivity index is 2.03. The molecule has 1 aliphatic heterocycles. The van der Waals surface area contributed by atoms with Crippen molar-refractivity contribution in [3.05, 3.63) is 39.9 Å². The first-order valence-corrected chi connectivity index (χ1v) is 6.16. The van der Waals surface area contributed by atoms with Crippen LogP contribution in [0.3, 0.4) is 0 Å². The summed E-state index contributed by atoms with van der Waals surface area (Å²) >= 11 is 0. The van der Waals surface area contributed by atoms with Crippen LogP contribution >= 0.6 is 0 Å². The van der Waals surface area contributed by atoms with E-state index < -0.39 is 0 Å². The monoisotopic (exact) mass is 250 g/mol. The van der Waals surface area contributed by atoms with Gasteiger partial charge in [-0.1, -0.05) is 18.2 Å². The van der Waals surface area contributed by atoms with Crippen molar-refractivity contribution >= 4 is 5.69 Å². The Hall–Kier alpha value is -1.46. The van der Waals surface area contributed by atoms with Crippen molar-refractivity contribution in [2.45, 2.75) is 31.8 Å². The van der Waals surface area contributed by atoms with Crippen LogP contribution in [0.2, 0.25) is 0 Å². The zero-order chi connectivity index (χ0) is 13.0. The summed E-state index contributed by atoms with van der Waals surface area (Å²) in [6.45, 7) is 4.17. The van der Waals surface area contributed by atoms with E-state index in [0.29, 0.717) is 6.54 Å². The van der Waals surface area contributed by atoms with Crippen LogP contribution in [0.15, 0.2) is 24.3 Å². The molecule has 0 spiro atoms. The zero-order valence-corrected chi connectivity index (χ0v) is 10.5. The molecule has 1 N–H and O–H groups in total. The van der Waals surface area contributed by atoms with Gasteiger partial charge in [-0.3, -0.25) is 10.1 Å². The second-order valence-electron chi connectivity index (χ2n) is 4.91. The minimum absolute atomic E-state index is 0.0158. The number of nitrogens with zero attached hydrogens (tertiary/aromatic N) is 1. The van der Waals surface area contributed by atoms with E-state index in [0.717, 1.165) is 31.6 Å². The van der Waals surface area contributed by atoms with Crippen LogP contribution < -0.4 is 5.32 Å². The molecule has 1 aromatic carbocycles. The van der Waals surface area contributed by atoms with Crippen LogP contribution in [-0.4, -0.2) is 23.7 Å². The molecule has 0 radical (unpaired) electrons. The van der Waals surface area contributed by atoms with Crippen molar-refractivity contribution in [1.82, 2.24) is 5.32 Å². The van der Waals surface area contributed by atoms with Crippen molar-refractivity contribution in [2.24, 2.45) is 0 Å². The van der Waals surface area contributed by atoms with Crippen LogP contribution in [0.25, 0.3) is 0 Å². The highest BCUT2D eigenvalue weighted by Crippen LogP contribution is 2.22. The maximum Gasteiger partial charge on any atom is 0.273 e. The highest BCUT2D eigenvalue weighted by molar-refractivity contribution is 5.39. The topological polar surface area (TPSA) is 64.4 Å². The van der Waals surface area contributed by atoms with Crippen LogP contribution in [0, 0.1) is 10.1 Å². The van der Waals surface area contributed by atoms with E-state index >= 15 is 0 Å². The number of rotatable bonds is 4. The largest absolute Gasteiger partial charge is 0.381 e. The third kappa shape index (κ3) is 3.05. The predicted octanol–water partition coefficient (Wildman–Crippen LogP) is 2.25. The molecule has 1 aliphatic rings. The molecule has 98 valence electrons. The number of hydrogen-bond donors (Lipinski definition) is 1. The first-order valence-electron chi connectivity index (χ1n) is 6.16. The highest BCUT2D eigenvalue weighted by Gasteiger charge is 2.27. The third-order valence-electron chi connectivity index (χ3n) is 3.49. The summed E-state index contributed by atoms with van der Waals surface area (Å²) in [6, 6.07) is 6.87. The van der Waals surface area contributed by atoms with Gasteiger partial charge in [0.05, 0.1) is 4.92 Å². The van der Waals surface area contributed by atoms with Crippen LogP contribution in [0.5, 0.6) is 0 Å². The fraction of sp³-hybridized carbons (Fsp3) is 0.538. The quantitative estimate of drug-likeness (QED) is 0.657. The van der Waals surface area contributed by atoms with Crippen LogP contribution in [0.4, 0.5) is 5.69 Å². The van der Waals surface area contributed by atoms with Gasteiger partial charge in [0.2, 0.25) is 0 Å². The van der Waals surface area contributed by atoms with E-state index in [4.69, 9.17) is 4.74 Å². The number of hydrogen-bond acceptors (Lipinski definition) is 4. The van der Waals surface area contributed by atoms with Gasteiger partial charge in [0.1, 0.15) is 0 Å². The Morgan fingerprint density at radius 2 is 2.06 bits per heavy atom. The lowest BCUT2D eigenvalue weighted by atomic mass is 9.92. The van der Waals surface area contributed by atoms with E-state index in [1.165, 1.54) is 0 Å². The van der Waals surface area contributed by atoms with Crippen LogP contribution in [-0.2, 0) is 11.3 Å². The molecule has 0 atom stereocenters. The minimum atomic E-state index is -0.330. The molecule has 0 unspecified atom stereocenters. The summed E-state index contributed by atoms with van der Waals surface area (Å²) in [5, 5.41) is 14.3. The Morgan fingerprint density at radius 1 is 1.39 bits per heavy atom. The number of nitro groups is 1. The second-order valence-corrected chi connectivity index (χ2v) is 4.91. The van der Waals surface area contributed by atoms with Gasteiger partial charge in [-0.25, -0.2) is 0 Å². The number of nitro benzene ring substituents is 1. The van der Waals surface area contributed by atoms with Crippen LogP contribution in [0.1, 0.15) is 25.3 Å². The van der Waals surface area contributed by atoms with E-state index in [1.54, 1.807) is 18.2 Å². The van der Waals surface area contributed by atoms with Gasteiger partial charge in [-0.05, 0) is 19.8 Å². The van der Waals surface area contributed by atoms with Crippen molar-refractivity contribution in [3.8, 4) is 0 Å². The molecule has 2 rings (SSSR count). The molecule has 0 aromatic heterocycles. The van der Waals surface area contributed by atoms with Gasteiger partial charge in [0, 0.05) is 36.9 Å². The normalized spacial score (nSPS) is 18.5. The minimum Gasteiger partial charge on any atom is -0.381 e. The number of nitrogens with one attached hydrogen (secondary N) is 1. The van der Waals surface area contributed by atoms with Crippen molar-refractivity contribution < 1.29 is 9.66 Å². The van der Waals surface area contributed by atoms with Gasteiger partial charge in [-0.15, -0.1) is 0 Å². The summed E-state index contributed by atoms with van der Waals surface area (Å²) in [7, 11) is 0. The van der Waals surface area contributed by atoms with E-state index in [2.05, 4.69) is 12.2 Å². The maximum atomic E-state index is 10.9. The fourth-order valence-corrected chi connectivity index (χ4v) is 2.15. The summed E-state index contributed by atoms with van der Waals surface area (Å²) in [5.74, 6) is 0. The SMILES string of the molecule is CC1(NCc2ccccc2[N+](=O)[O-])CCOCC1.